The maximum Gasteiger partial charge on any atom is 0.00910 e. The molecular weight excluding hydrogens is 196 g/mol. The number of piperidine rings is 1. The standard InChI is InChI=1S/C14H28N2/c1-4-6-14(7-8-14)11-16-9-5-13(15-3)10-12(16)2/h12-13,15H,4-11H2,1-3H3. The van der Waals surface area contributed by atoms with Crippen molar-refractivity contribution >= 4 is 0 Å². The van der Waals surface area contributed by atoms with Gasteiger partial charge in [0.2, 0.25) is 0 Å². The largest absolute Gasteiger partial charge is 0.317 e. The Bertz CT molecular complexity index is 223. The minimum absolute atomic E-state index is 0.732. The maximum absolute atomic E-state index is 3.43. The van der Waals surface area contributed by atoms with Crippen molar-refractivity contribution in [2.75, 3.05) is 20.1 Å². The highest BCUT2D eigenvalue weighted by atomic mass is 15.2. The quantitative estimate of drug-likeness (QED) is 0.772. The van der Waals surface area contributed by atoms with Crippen molar-refractivity contribution in [1.82, 2.24) is 10.2 Å². The highest BCUT2D eigenvalue weighted by molar-refractivity contribution is 4.97. The van der Waals surface area contributed by atoms with Crippen molar-refractivity contribution in [2.24, 2.45) is 5.41 Å². The van der Waals surface area contributed by atoms with Crippen LogP contribution in [0.3, 0.4) is 0 Å². The van der Waals surface area contributed by atoms with Crippen molar-refractivity contribution in [3.8, 4) is 0 Å². The van der Waals surface area contributed by atoms with E-state index in [9.17, 15) is 0 Å². The summed E-state index contributed by atoms with van der Waals surface area (Å²) in [6, 6.07) is 1.54. The number of rotatable bonds is 5. The Morgan fingerprint density at radius 1 is 1.38 bits per heavy atom. The highest BCUT2D eigenvalue weighted by Gasteiger charge is 2.43. The molecule has 1 saturated heterocycles. The Hall–Kier alpha value is -0.0800. The van der Waals surface area contributed by atoms with E-state index < -0.39 is 0 Å². The van der Waals surface area contributed by atoms with Crippen LogP contribution >= 0.6 is 0 Å². The first-order chi connectivity index (χ1) is 7.69. The zero-order valence-corrected chi connectivity index (χ0v) is 11.3. The normalized spacial score (nSPS) is 33.9. The lowest BCUT2D eigenvalue weighted by Gasteiger charge is -2.39. The second-order valence-corrected chi connectivity index (χ2v) is 6.08. The molecule has 2 rings (SSSR count). The van der Waals surface area contributed by atoms with Crippen molar-refractivity contribution in [1.29, 1.82) is 0 Å². The van der Waals surface area contributed by atoms with Gasteiger partial charge in [0, 0.05) is 18.6 Å². The number of likely N-dealkylation sites (tertiary alicyclic amines) is 1. The van der Waals surface area contributed by atoms with Crippen LogP contribution in [0.2, 0.25) is 0 Å². The summed E-state index contributed by atoms with van der Waals surface area (Å²) in [7, 11) is 2.10. The average Bonchev–Trinajstić information content (AvgIpc) is 3.02. The van der Waals surface area contributed by atoms with E-state index in [0.29, 0.717) is 0 Å². The third kappa shape index (κ3) is 2.78. The number of nitrogens with one attached hydrogen (secondary N) is 1. The highest BCUT2D eigenvalue weighted by Crippen LogP contribution is 2.50. The molecule has 2 fully saturated rings. The lowest BCUT2D eigenvalue weighted by molar-refractivity contribution is 0.109. The van der Waals surface area contributed by atoms with Gasteiger partial charge in [0.15, 0.2) is 0 Å². The van der Waals surface area contributed by atoms with E-state index in [2.05, 4.69) is 31.1 Å². The van der Waals surface area contributed by atoms with Gasteiger partial charge in [0.25, 0.3) is 0 Å². The summed E-state index contributed by atoms with van der Waals surface area (Å²) in [5, 5.41) is 3.43. The first-order valence-electron chi connectivity index (χ1n) is 7.10. The first kappa shape index (κ1) is 12.4. The fourth-order valence-corrected chi connectivity index (χ4v) is 3.34. The molecule has 0 radical (unpaired) electrons. The monoisotopic (exact) mass is 224 g/mol. The molecule has 1 saturated carbocycles. The average molecular weight is 224 g/mol. The summed E-state index contributed by atoms with van der Waals surface area (Å²) in [5.74, 6) is 0. The maximum atomic E-state index is 3.43. The van der Waals surface area contributed by atoms with E-state index in [1.807, 2.05) is 0 Å². The number of hydrogen-bond acceptors (Lipinski definition) is 2. The Balaban J connectivity index is 1.82. The van der Waals surface area contributed by atoms with Gasteiger partial charge >= 0.3 is 0 Å². The molecule has 2 unspecified atom stereocenters. The van der Waals surface area contributed by atoms with Crippen molar-refractivity contribution < 1.29 is 0 Å². The molecule has 2 atom stereocenters. The Morgan fingerprint density at radius 3 is 2.62 bits per heavy atom. The molecular formula is C14H28N2. The van der Waals surface area contributed by atoms with Crippen LogP contribution in [0.5, 0.6) is 0 Å². The van der Waals surface area contributed by atoms with E-state index in [4.69, 9.17) is 0 Å². The van der Waals surface area contributed by atoms with Crippen LogP contribution in [0.15, 0.2) is 0 Å². The van der Waals surface area contributed by atoms with Crippen LogP contribution in [0.25, 0.3) is 0 Å². The smallest absolute Gasteiger partial charge is 0.00910 e. The predicted molar refractivity (Wildman–Crippen MR) is 69.7 cm³/mol. The van der Waals surface area contributed by atoms with Crippen LogP contribution in [0.4, 0.5) is 0 Å². The van der Waals surface area contributed by atoms with Crippen LogP contribution in [0.1, 0.15) is 52.4 Å². The summed E-state index contributed by atoms with van der Waals surface area (Å²) in [6.07, 6.45) is 8.45. The van der Waals surface area contributed by atoms with E-state index in [1.165, 1.54) is 51.6 Å². The second kappa shape index (κ2) is 5.05. The Kier molecular flexibility index (Phi) is 3.91. The summed E-state index contributed by atoms with van der Waals surface area (Å²) < 4.78 is 0. The Labute approximate surface area is 101 Å². The van der Waals surface area contributed by atoms with Crippen LogP contribution in [-0.2, 0) is 0 Å². The zero-order valence-electron chi connectivity index (χ0n) is 11.3. The van der Waals surface area contributed by atoms with Gasteiger partial charge < -0.3 is 5.32 Å². The van der Waals surface area contributed by atoms with E-state index in [0.717, 1.165) is 17.5 Å². The molecule has 94 valence electrons. The topological polar surface area (TPSA) is 15.3 Å². The van der Waals surface area contributed by atoms with Gasteiger partial charge in [-0.3, -0.25) is 4.90 Å². The van der Waals surface area contributed by atoms with Gasteiger partial charge in [-0.2, -0.15) is 0 Å². The number of nitrogens with zero attached hydrogens (tertiary/aromatic N) is 1. The SMILES string of the molecule is CCCC1(CN2CCC(NC)CC2C)CC1. The van der Waals surface area contributed by atoms with E-state index >= 15 is 0 Å². The molecule has 0 spiro atoms. The summed E-state index contributed by atoms with van der Waals surface area (Å²) in [6.45, 7) is 7.42. The zero-order chi connectivity index (χ0) is 11.6. The molecule has 0 bridgehead atoms. The van der Waals surface area contributed by atoms with Crippen LogP contribution in [-0.4, -0.2) is 37.1 Å². The third-order valence-electron chi connectivity index (χ3n) is 4.70. The molecule has 0 aromatic heterocycles. The van der Waals surface area contributed by atoms with Gasteiger partial charge in [-0.15, -0.1) is 0 Å². The van der Waals surface area contributed by atoms with Crippen LogP contribution < -0.4 is 5.32 Å². The predicted octanol–water partition coefficient (Wildman–Crippen LogP) is 2.64. The molecule has 1 aliphatic carbocycles. The summed E-state index contributed by atoms with van der Waals surface area (Å²) >= 11 is 0. The molecule has 1 N–H and O–H groups in total. The molecule has 0 aromatic carbocycles. The summed E-state index contributed by atoms with van der Waals surface area (Å²) in [5.41, 5.74) is 0.732. The van der Waals surface area contributed by atoms with Gasteiger partial charge in [-0.1, -0.05) is 13.3 Å². The first-order valence-corrected chi connectivity index (χ1v) is 7.10. The third-order valence-corrected chi connectivity index (χ3v) is 4.70. The van der Waals surface area contributed by atoms with Gasteiger partial charge in [-0.25, -0.2) is 0 Å². The number of hydrogen-bond donors (Lipinski definition) is 1. The summed E-state index contributed by atoms with van der Waals surface area (Å²) in [4.78, 5) is 2.75. The second-order valence-electron chi connectivity index (χ2n) is 6.08. The van der Waals surface area contributed by atoms with Crippen molar-refractivity contribution in [2.45, 2.75) is 64.5 Å². The molecule has 2 nitrogen and oxygen atoms in total. The van der Waals surface area contributed by atoms with Gasteiger partial charge in [0.1, 0.15) is 0 Å². The van der Waals surface area contributed by atoms with Gasteiger partial charge in [-0.05, 0) is 58.0 Å². The van der Waals surface area contributed by atoms with E-state index in [-0.39, 0.29) is 0 Å². The van der Waals surface area contributed by atoms with Crippen LogP contribution in [0, 0.1) is 5.41 Å². The van der Waals surface area contributed by atoms with E-state index in [1.54, 1.807) is 0 Å². The lowest BCUT2D eigenvalue weighted by atomic mass is 9.94. The minimum Gasteiger partial charge on any atom is -0.317 e. The van der Waals surface area contributed by atoms with Crippen molar-refractivity contribution in [3.05, 3.63) is 0 Å². The fraction of sp³-hybridized carbons (Fsp3) is 1.00. The molecule has 16 heavy (non-hydrogen) atoms. The molecule has 1 aliphatic heterocycles. The Morgan fingerprint density at radius 2 is 2.12 bits per heavy atom. The fourth-order valence-electron chi connectivity index (χ4n) is 3.34. The van der Waals surface area contributed by atoms with Gasteiger partial charge in [0.05, 0.1) is 0 Å². The molecule has 0 aromatic rings. The molecule has 2 heteroatoms. The lowest BCUT2D eigenvalue weighted by Crippen LogP contribution is -2.48. The molecule has 2 aliphatic rings. The molecule has 1 heterocycles. The minimum atomic E-state index is 0.732. The van der Waals surface area contributed by atoms with Crippen molar-refractivity contribution in [3.63, 3.8) is 0 Å². The molecule has 0 amide bonds.